The zero-order valence-electron chi connectivity index (χ0n) is 29.7. The summed E-state index contributed by atoms with van der Waals surface area (Å²) in [6, 6.07) is 14.7. The number of methoxy groups -OCH3 is 2. The standard InChI is InChI=1S/C18H15BrN2O4S.C14H13BrO6.C4H6N2S.ClH/c1-3-24-18(22)16-11-9-25-13-8-14(23-2)12(19)7-10(13)17(11)21(20-16)15-5-4-6-26-15;1-3-20-14(18)13(17)8-6-21-10-5-11(19-2)9(15)4-7(10)12(8)16;5-6-4-2-1-3-7-4;/h4-8H,3,9H2,1-2H3;4-5,16H,3,6H2,1-2H3;1-3,6H,5H2;1H. The first-order valence-corrected chi connectivity index (χ1v) is 19.4. The van der Waals surface area contributed by atoms with Gasteiger partial charge in [0.25, 0.3) is 5.78 Å². The molecule has 0 unspecified atom stereocenters. The van der Waals surface area contributed by atoms with E-state index < -0.39 is 17.7 Å². The molecule has 5 aromatic rings. The summed E-state index contributed by atoms with van der Waals surface area (Å²) in [5.41, 5.74) is 5.39. The van der Waals surface area contributed by atoms with Crippen LogP contribution in [0.3, 0.4) is 0 Å². The molecular weight excluding hydrogens is 908 g/mol. The number of aliphatic hydroxyl groups is 1. The van der Waals surface area contributed by atoms with Gasteiger partial charge < -0.3 is 39.0 Å². The average Bonchev–Trinajstić information content (AvgIpc) is 3.97. The third-order valence-corrected chi connectivity index (χ3v) is 10.5. The number of nitrogens with zero attached hydrogens (tertiary/aromatic N) is 2. The van der Waals surface area contributed by atoms with Gasteiger partial charge in [-0.2, -0.15) is 5.10 Å². The molecule has 0 spiro atoms. The Kier molecular flexibility index (Phi) is 15.6. The summed E-state index contributed by atoms with van der Waals surface area (Å²) in [6.07, 6.45) is 0. The Balaban J connectivity index is 0.000000208. The normalized spacial score (nSPS) is 11.9. The highest BCUT2D eigenvalue weighted by atomic mass is 79.9. The number of Topliss-reactive ketones (excluding diaryl/α,β-unsaturated/α-hetero) is 1. The van der Waals surface area contributed by atoms with Crippen LogP contribution in [0, 0.1) is 0 Å². The molecule has 4 N–H and O–H groups in total. The van der Waals surface area contributed by atoms with Crippen LogP contribution < -0.4 is 30.2 Å². The van der Waals surface area contributed by atoms with Gasteiger partial charge in [0.15, 0.2) is 5.69 Å². The molecule has 2 aliphatic heterocycles. The Morgan fingerprint density at radius 1 is 0.909 bits per heavy atom. The average molecular weight is 943 g/mol. The number of ketones is 1. The molecule has 0 saturated carbocycles. The smallest absolute Gasteiger partial charge is 0.379 e. The lowest BCUT2D eigenvalue weighted by Gasteiger charge is -2.20. The maximum Gasteiger partial charge on any atom is 0.379 e. The minimum atomic E-state index is -1.02. The second kappa shape index (κ2) is 19.8. The molecule has 0 bridgehead atoms. The van der Waals surface area contributed by atoms with Gasteiger partial charge in [-0.25, -0.2) is 20.1 Å². The van der Waals surface area contributed by atoms with Crippen molar-refractivity contribution < 1.29 is 47.9 Å². The van der Waals surface area contributed by atoms with Gasteiger partial charge in [-0.3, -0.25) is 4.79 Å². The summed E-state index contributed by atoms with van der Waals surface area (Å²) >= 11 is 9.94. The molecule has 7 rings (SSSR count). The molecule has 0 radical (unpaired) electrons. The number of carbonyl (C=O) groups is 3. The van der Waals surface area contributed by atoms with Crippen LogP contribution in [-0.2, 0) is 25.7 Å². The molecule has 0 saturated heterocycles. The minimum Gasteiger partial charge on any atom is -0.507 e. The number of carbonyl (C=O) groups excluding carboxylic acids is 3. The third-order valence-electron chi connectivity index (χ3n) is 7.61. The molecule has 0 atom stereocenters. The lowest BCUT2D eigenvalue weighted by atomic mass is 10.0. The maximum absolute atomic E-state index is 12.4. The number of hydrogen-bond donors (Lipinski definition) is 3. The van der Waals surface area contributed by atoms with Gasteiger partial charge in [-0.05, 0) is 92.9 Å². The molecular formula is C36H35Br2ClN4O10S2. The molecule has 2 aliphatic rings. The van der Waals surface area contributed by atoms with Crippen LogP contribution in [0.2, 0.25) is 0 Å². The van der Waals surface area contributed by atoms with E-state index in [2.05, 4.69) is 47.1 Å². The number of hydrazine groups is 1. The largest absolute Gasteiger partial charge is 0.507 e. The van der Waals surface area contributed by atoms with Crippen molar-refractivity contribution in [1.29, 1.82) is 0 Å². The van der Waals surface area contributed by atoms with Crippen molar-refractivity contribution in [2.24, 2.45) is 5.84 Å². The molecule has 55 heavy (non-hydrogen) atoms. The number of benzene rings is 2. The van der Waals surface area contributed by atoms with Crippen molar-refractivity contribution in [2.45, 2.75) is 20.5 Å². The summed E-state index contributed by atoms with van der Waals surface area (Å²) in [5.74, 6) is 4.65. The fraction of sp³-hybridized carbons (Fsp3) is 0.222. The third kappa shape index (κ3) is 9.63. The Morgan fingerprint density at radius 2 is 1.51 bits per heavy atom. The van der Waals surface area contributed by atoms with Crippen molar-refractivity contribution >= 4 is 95.4 Å². The Morgan fingerprint density at radius 3 is 2.05 bits per heavy atom. The zero-order valence-corrected chi connectivity index (χ0v) is 35.3. The Labute approximate surface area is 346 Å². The monoisotopic (exact) mass is 940 g/mol. The van der Waals surface area contributed by atoms with Crippen LogP contribution in [0.4, 0.5) is 5.00 Å². The fourth-order valence-corrected chi connectivity index (χ4v) is 7.38. The maximum atomic E-state index is 12.4. The quantitative estimate of drug-likeness (QED) is 0.0558. The van der Waals surface area contributed by atoms with Crippen LogP contribution in [0.1, 0.15) is 35.5 Å². The molecule has 292 valence electrons. The van der Waals surface area contributed by atoms with Gasteiger partial charge >= 0.3 is 11.9 Å². The van der Waals surface area contributed by atoms with Gasteiger partial charge in [0.05, 0.1) is 58.8 Å². The highest BCUT2D eigenvalue weighted by Crippen LogP contribution is 2.45. The van der Waals surface area contributed by atoms with E-state index in [4.69, 9.17) is 29.5 Å². The summed E-state index contributed by atoms with van der Waals surface area (Å²) in [6.45, 7) is 3.78. The first-order chi connectivity index (χ1) is 26.1. The number of hydrogen-bond acceptors (Lipinski definition) is 15. The number of aliphatic hydroxyl groups excluding tert-OH is 1. The Hall–Kier alpha value is -4.59. The van der Waals surface area contributed by atoms with Crippen LogP contribution in [-0.4, -0.2) is 66.6 Å². The molecule has 3 aromatic heterocycles. The Bertz CT molecular complexity index is 2180. The number of nitrogens with two attached hydrogens (primary N) is 1. The summed E-state index contributed by atoms with van der Waals surface area (Å²) in [4.78, 5) is 35.8. The highest BCUT2D eigenvalue weighted by molar-refractivity contribution is 9.11. The van der Waals surface area contributed by atoms with Gasteiger partial charge in [0, 0.05) is 17.7 Å². The van der Waals surface area contributed by atoms with E-state index in [-0.39, 0.29) is 49.3 Å². The van der Waals surface area contributed by atoms with E-state index in [9.17, 15) is 19.5 Å². The topological polar surface area (TPSA) is 183 Å². The highest BCUT2D eigenvalue weighted by Gasteiger charge is 2.33. The van der Waals surface area contributed by atoms with E-state index in [1.807, 2.05) is 47.2 Å². The van der Waals surface area contributed by atoms with Crippen molar-refractivity contribution in [3.8, 4) is 39.3 Å². The predicted octanol–water partition coefficient (Wildman–Crippen LogP) is 8.15. The van der Waals surface area contributed by atoms with E-state index in [0.29, 0.717) is 39.6 Å². The molecule has 2 aromatic carbocycles. The van der Waals surface area contributed by atoms with Crippen LogP contribution >= 0.6 is 66.9 Å². The fourth-order valence-electron chi connectivity index (χ4n) is 5.15. The van der Waals surface area contributed by atoms with Crippen LogP contribution in [0.5, 0.6) is 23.0 Å². The SMILES string of the molecule is CCOC(=O)C(=O)C1=C(O)c2cc(Br)c(OC)cc2OC1.CCOC(=O)c1nn(-c2cccs2)c2c1COc1cc(OC)c(Br)cc1-2.Cl.NNc1cccs1. The zero-order chi connectivity index (χ0) is 38.9. The number of anilines is 1. The number of esters is 2. The van der Waals surface area contributed by atoms with E-state index in [1.165, 1.54) is 7.11 Å². The number of thiophene rings is 2. The molecule has 0 amide bonds. The lowest BCUT2D eigenvalue weighted by molar-refractivity contribution is -0.152. The van der Waals surface area contributed by atoms with Crippen molar-refractivity contribution in [1.82, 2.24) is 9.78 Å². The van der Waals surface area contributed by atoms with Crippen molar-refractivity contribution in [3.63, 3.8) is 0 Å². The number of ether oxygens (including phenoxy) is 6. The van der Waals surface area contributed by atoms with Gasteiger partial charge in [-0.1, -0.05) is 0 Å². The second-order valence-corrected chi connectivity index (χ2v) is 14.4. The van der Waals surface area contributed by atoms with Crippen molar-refractivity contribution in [3.05, 3.63) is 90.6 Å². The molecule has 0 fully saturated rings. The number of nitrogens with one attached hydrogen (secondary N) is 1. The van der Waals surface area contributed by atoms with Crippen LogP contribution in [0.15, 0.2) is 73.8 Å². The molecule has 5 heterocycles. The number of nitrogen functional groups attached to an aromatic ring is 1. The second-order valence-electron chi connectivity index (χ2n) is 10.8. The van der Waals surface area contributed by atoms with Gasteiger partial charge in [0.2, 0.25) is 0 Å². The lowest BCUT2D eigenvalue weighted by Crippen LogP contribution is -2.26. The summed E-state index contributed by atoms with van der Waals surface area (Å²) in [5, 5.41) is 20.6. The number of fused-ring (bicyclic) bond motifs is 4. The number of halogens is 3. The van der Waals surface area contributed by atoms with Crippen molar-refractivity contribution in [2.75, 3.05) is 39.5 Å². The first-order valence-electron chi connectivity index (χ1n) is 16.0. The van der Waals surface area contributed by atoms with E-state index in [0.717, 1.165) is 31.3 Å². The summed E-state index contributed by atoms with van der Waals surface area (Å²) < 4.78 is 34.8. The molecule has 0 aliphatic carbocycles. The van der Waals surface area contributed by atoms with E-state index in [1.54, 1.807) is 60.4 Å². The number of rotatable bonds is 9. The summed E-state index contributed by atoms with van der Waals surface area (Å²) in [7, 11) is 3.11. The first kappa shape index (κ1) is 43.1. The minimum absolute atomic E-state index is 0. The van der Waals surface area contributed by atoms with Gasteiger partial charge in [-0.15, -0.1) is 35.1 Å². The van der Waals surface area contributed by atoms with E-state index >= 15 is 0 Å². The predicted molar refractivity (Wildman–Crippen MR) is 218 cm³/mol. The number of aromatic nitrogens is 2. The molecule has 19 heteroatoms. The van der Waals surface area contributed by atoms with Crippen LogP contribution in [0.25, 0.3) is 22.0 Å². The molecule has 14 nitrogen and oxygen atoms in total. The van der Waals surface area contributed by atoms with Gasteiger partial charge in [0.1, 0.15) is 52.0 Å².